The van der Waals surface area contributed by atoms with Gasteiger partial charge in [-0.15, -0.1) is 0 Å². The zero-order chi connectivity index (χ0) is 25.1. The summed E-state index contributed by atoms with van der Waals surface area (Å²) in [6, 6.07) is 10.8. The Hall–Kier alpha value is -3.26. The summed E-state index contributed by atoms with van der Waals surface area (Å²) in [5.41, 5.74) is 1.95. The second kappa shape index (κ2) is 10.6. The van der Waals surface area contributed by atoms with Crippen LogP contribution in [0.2, 0.25) is 0 Å². The first-order chi connectivity index (χ1) is 16.9. The summed E-state index contributed by atoms with van der Waals surface area (Å²) in [6.07, 6.45) is 2.21. The molecule has 1 fully saturated rings. The molecule has 8 nitrogen and oxygen atoms in total. The van der Waals surface area contributed by atoms with E-state index < -0.39 is 12.0 Å². The van der Waals surface area contributed by atoms with Crippen molar-refractivity contribution in [2.24, 2.45) is 0 Å². The number of amides is 2. The van der Waals surface area contributed by atoms with Crippen LogP contribution in [0.5, 0.6) is 17.2 Å². The molecule has 0 aromatic heterocycles. The van der Waals surface area contributed by atoms with Crippen molar-refractivity contribution in [3.8, 4) is 17.2 Å². The first-order valence-corrected chi connectivity index (χ1v) is 12.1. The largest absolute Gasteiger partial charge is 0.497 e. The molecule has 1 saturated heterocycles. The summed E-state index contributed by atoms with van der Waals surface area (Å²) in [4.78, 5) is 31.4. The Morgan fingerprint density at radius 3 is 2.37 bits per heavy atom. The quantitative estimate of drug-likeness (QED) is 0.624. The molecule has 2 aromatic rings. The highest BCUT2D eigenvalue weighted by Gasteiger charge is 2.43. The number of hydrogen-bond acceptors (Lipinski definition) is 6. The molecule has 2 aromatic carbocycles. The number of likely N-dealkylation sites (N-methyl/N-ethyl adjacent to an activating group) is 2. The number of methoxy groups -OCH3 is 3. The first kappa shape index (κ1) is 24.9. The lowest BCUT2D eigenvalue weighted by molar-refractivity contribution is -0.124. The van der Waals surface area contributed by atoms with Crippen LogP contribution in [0.25, 0.3) is 0 Å². The molecule has 0 bridgehead atoms. The minimum Gasteiger partial charge on any atom is -0.497 e. The van der Waals surface area contributed by atoms with E-state index in [4.69, 9.17) is 14.2 Å². The molecule has 0 spiro atoms. The van der Waals surface area contributed by atoms with Crippen molar-refractivity contribution in [2.45, 2.75) is 37.8 Å². The number of benzene rings is 2. The molecular weight excluding hydrogens is 446 g/mol. The number of likely N-dealkylation sites (tertiary alicyclic amines) is 1. The average molecular weight is 482 g/mol. The SMILES string of the molecule is CCN1CCC[C@@H]1CNC(=O)[C@H]1c2cc(OC)c(OC)cc2C(=O)N(C)[C@@H]1c1ccc(OC)cc1. The highest BCUT2D eigenvalue weighted by molar-refractivity contribution is 6.02. The molecule has 188 valence electrons. The molecule has 8 heteroatoms. The predicted octanol–water partition coefficient (Wildman–Crippen LogP) is 3.22. The highest BCUT2D eigenvalue weighted by Crippen LogP contribution is 2.45. The van der Waals surface area contributed by atoms with Crippen LogP contribution in [0.3, 0.4) is 0 Å². The molecule has 0 saturated carbocycles. The fraction of sp³-hybridized carbons (Fsp3) is 0.481. The maximum Gasteiger partial charge on any atom is 0.254 e. The maximum atomic E-state index is 13.9. The fourth-order valence-corrected chi connectivity index (χ4v) is 5.42. The van der Waals surface area contributed by atoms with E-state index in [1.54, 1.807) is 38.3 Å². The molecule has 4 rings (SSSR count). The van der Waals surface area contributed by atoms with Gasteiger partial charge in [0.15, 0.2) is 11.5 Å². The van der Waals surface area contributed by atoms with Crippen molar-refractivity contribution in [3.63, 3.8) is 0 Å². The van der Waals surface area contributed by atoms with Gasteiger partial charge in [-0.2, -0.15) is 0 Å². The summed E-state index contributed by atoms with van der Waals surface area (Å²) in [5, 5.41) is 3.21. The van der Waals surface area contributed by atoms with Gasteiger partial charge in [0.1, 0.15) is 5.75 Å². The molecule has 3 atom stereocenters. The van der Waals surface area contributed by atoms with Gasteiger partial charge in [-0.3, -0.25) is 14.5 Å². The normalized spacial score (nSPS) is 22.0. The van der Waals surface area contributed by atoms with Crippen LogP contribution in [-0.2, 0) is 4.79 Å². The minimum atomic E-state index is -0.614. The van der Waals surface area contributed by atoms with Gasteiger partial charge in [0.05, 0.1) is 33.3 Å². The first-order valence-electron chi connectivity index (χ1n) is 12.1. The topological polar surface area (TPSA) is 80.3 Å². The van der Waals surface area contributed by atoms with Gasteiger partial charge in [-0.1, -0.05) is 19.1 Å². The van der Waals surface area contributed by atoms with Crippen LogP contribution < -0.4 is 19.5 Å². The van der Waals surface area contributed by atoms with Crippen LogP contribution in [0.4, 0.5) is 0 Å². The summed E-state index contributed by atoms with van der Waals surface area (Å²) in [7, 11) is 6.44. The van der Waals surface area contributed by atoms with Gasteiger partial charge in [0, 0.05) is 25.2 Å². The van der Waals surface area contributed by atoms with Crippen LogP contribution >= 0.6 is 0 Å². The Kier molecular flexibility index (Phi) is 7.50. The van der Waals surface area contributed by atoms with Crippen LogP contribution in [0.1, 0.15) is 53.2 Å². The lowest BCUT2D eigenvalue weighted by atomic mass is 9.79. The van der Waals surface area contributed by atoms with E-state index in [1.165, 1.54) is 7.11 Å². The smallest absolute Gasteiger partial charge is 0.254 e. The van der Waals surface area contributed by atoms with Crippen molar-refractivity contribution < 1.29 is 23.8 Å². The Morgan fingerprint density at radius 2 is 1.74 bits per heavy atom. The zero-order valence-corrected chi connectivity index (χ0v) is 21.2. The number of rotatable bonds is 8. The second-order valence-corrected chi connectivity index (χ2v) is 9.08. The van der Waals surface area contributed by atoms with Crippen molar-refractivity contribution in [1.82, 2.24) is 15.1 Å². The van der Waals surface area contributed by atoms with Crippen molar-refractivity contribution in [3.05, 3.63) is 53.1 Å². The number of nitrogens with zero attached hydrogens (tertiary/aromatic N) is 2. The van der Waals surface area contributed by atoms with Crippen molar-refractivity contribution in [1.29, 1.82) is 0 Å². The summed E-state index contributed by atoms with van der Waals surface area (Å²) >= 11 is 0. The van der Waals surface area contributed by atoms with E-state index in [1.807, 2.05) is 24.3 Å². The lowest BCUT2D eigenvalue weighted by Gasteiger charge is -2.40. The van der Waals surface area contributed by atoms with Crippen molar-refractivity contribution in [2.75, 3.05) is 48.0 Å². The summed E-state index contributed by atoms with van der Waals surface area (Å²) in [6.45, 7) is 4.76. The monoisotopic (exact) mass is 481 g/mol. The van der Waals surface area contributed by atoms with Gasteiger partial charge in [0.2, 0.25) is 5.91 Å². The van der Waals surface area contributed by atoms with E-state index in [-0.39, 0.29) is 11.8 Å². The molecule has 0 radical (unpaired) electrons. The summed E-state index contributed by atoms with van der Waals surface area (Å²) in [5.74, 6) is 0.771. The Labute approximate surface area is 207 Å². The molecule has 0 aliphatic carbocycles. The fourth-order valence-electron chi connectivity index (χ4n) is 5.42. The van der Waals surface area contributed by atoms with E-state index in [0.717, 1.165) is 31.5 Å². The van der Waals surface area contributed by atoms with E-state index in [2.05, 4.69) is 17.1 Å². The number of hydrogen-bond donors (Lipinski definition) is 1. The lowest BCUT2D eigenvalue weighted by Crippen LogP contribution is -2.48. The molecule has 2 amide bonds. The molecule has 2 aliphatic heterocycles. The van der Waals surface area contributed by atoms with Crippen molar-refractivity contribution >= 4 is 11.8 Å². The number of ether oxygens (including phenoxy) is 3. The Bertz CT molecular complexity index is 1070. The van der Waals surface area contributed by atoms with E-state index in [9.17, 15) is 9.59 Å². The van der Waals surface area contributed by atoms with Crippen LogP contribution in [-0.4, -0.2) is 75.7 Å². The third-order valence-corrected chi connectivity index (χ3v) is 7.33. The predicted molar refractivity (Wildman–Crippen MR) is 133 cm³/mol. The number of carbonyl (C=O) groups excluding carboxylic acids is 2. The third-order valence-electron chi connectivity index (χ3n) is 7.33. The Balaban J connectivity index is 1.76. The third kappa shape index (κ3) is 4.67. The molecule has 2 aliphatic rings. The minimum absolute atomic E-state index is 0.110. The van der Waals surface area contributed by atoms with Gasteiger partial charge in [0.25, 0.3) is 5.91 Å². The van der Waals surface area contributed by atoms with E-state index in [0.29, 0.717) is 41.0 Å². The van der Waals surface area contributed by atoms with Crippen LogP contribution in [0, 0.1) is 0 Å². The number of carbonyl (C=O) groups is 2. The number of nitrogens with one attached hydrogen (secondary N) is 1. The molecular formula is C27H35N3O5. The van der Waals surface area contributed by atoms with Crippen LogP contribution in [0.15, 0.2) is 36.4 Å². The van der Waals surface area contributed by atoms with Gasteiger partial charge >= 0.3 is 0 Å². The van der Waals surface area contributed by atoms with E-state index >= 15 is 0 Å². The second-order valence-electron chi connectivity index (χ2n) is 9.08. The van der Waals surface area contributed by atoms with Gasteiger partial charge in [-0.25, -0.2) is 0 Å². The Morgan fingerprint density at radius 1 is 1.06 bits per heavy atom. The number of fused-ring (bicyclic) bond motifs is 1. The van der Waals surface area contributed by atoms with Gasteiger partial charge in [-0.05, 0) is 61.3 Å². The average Bonchev–Trinajstić information content (AvgIpc) is 3.36. The summed E-state index contributed by atoms with van der Waals surface area (Å²) < 4.78 is 16.3. The molecule has 0 unspecified atom stereocenters. The molecule has 35 heavy (non-hydrogen) atoms. The zero-order valence-electron chi connectivity index (χ0n) is 21.2. The highest BCUT2D eigenvalue weighted by atomic mass is 16.5. The maximum absolute atomic E-state index is 13.9. The van der Waals surface area contributed by atoms with Gasteiger partial charge < -0.3 is 24.4 Å². The molecule has 1 N–H and O–H groups in total. The molecule has 2 heterocycles. The standard InChI is InChI=1S/C27H35N3O5/c1-6-30-13-7-8-18(30)16-28-26(31)24-20-14-22(34-4)23(35-5)15-21(20)27(32)29(2)25(24)17-9-11-19(33-3)12-10-17/h9-12,14-15,18,24-25H,6-8,13,16H2,1-5H3,(H,28,31)/t18-,24+,25-/m1/s1.